The summed E-state index contributed by atoms with van der Waals surface area (Å²) in [7, 11) is 0. The van der Waals surface area contributed by atoms with Gasteiger partial charge in [-0.25, -0.2) is 0 Å². The Labute approximate surface area is 180 Å². The van der Waals surface area contributed by atoms with Crippen LogP contribution >= 0.6 is 11.3 Å². The number of anilines is 1. The molecule has 0 saturated heterocycles. The molecule has 29 heavy (non-hydrogen) atoms. The van der Waals surface area contributed by atoms with Gasteiger partial charge in [0.05, 0.1) is 15.4 Å². The molecule has 0 bridgehead atoms. The minimum absolute atomic E-state index is 0.763. The van der Waals surface area contributed by atoms with E-state index in [4.69, 9.17) is 5.73 Å². The Kier molecular flexibility index (Phi) is 9.81. The van der Waals surface area contributed by atoms with Gasteiger partial charge >= 0.3 is 0 Å². The molecule has 1 aromatic carbocycles. The molecule has 0 fully saturated rings. The second-order valence-electron chi connectivity index (χ2n) is 7.30. The molecule has 0 unspecified atom stereocenters. The molecule has 0 amide bonds. The fourth-order valence-electron chi connectivity index (χ4n) is 3.20. The average Bonchev–Trinajstić information content (AvgIpc) is 3.10. The van der Waals surface area contributed by atoms with Crippen LogP contribution in [0.25, 0.3) is 11.4 Å². The highest BCUT2D eigenvalue weighted by Gasteiger charge is 2.11. The highest BCUT2D eigenvalue weighted by atomic mass is 32.1. The van der Waals surface area contributed by atoms with Gasteiger partial charge in [0.2, 0.25) is 0 Å². The molecule has 0 saturated carbocycles. The molecule has 158 valence electrons. The molecule has 0 atom stereocenters. The Bertz CT molecular complexity index is 794. The number of benzene rings is 1. The van der Waals surface area contributed by atoms with E-state index in [1.807, 2.05) is 6.07 Å². The molecule has 2 rings (SSSR count). The van der Waals surface area contributed by atoms with Crippen molar-refractivity contribution in [2.45, 2.75) is 39.5 Å². The Hall–Kier alpha value is -2.24. The van der Waals surface area contributed by atoms with E-state index in [2.05, 4.69) is 67.2 Å². The van der Waals surface area contributed by atoms with Crippen LogP contribution in [0.2, 0.25) is 0 Å². The first-order valence-corrected chi connectivity index (χ1v) is 11.4. The highest BCUT2D eigenvalue weighted by Crippen LogP contribution is 2.32. The summed E-state index contributed by atoms with van der Waals surface area (Å²) in [6, 6.07) is 10.6. The van der Waals surface area contributed by atoms with E-state index in [1.165, 1.54) is 24.0 Å². The molecule has 2 aromatic rings. The zero-order valence-corrected chi connectivity index (χ0v) is 18.8. The third kappa shape index (κ3) is 7.59. The Morgan fingerprint density at radius 1 is 1.00 bits per heavy atom. The van der Waals surface area contributed by atoms with Gasteiger partial charge in [-0.2, -0.15) is 0 Å². The van der Waals surface area contributed by atoms with E-state index in [1.54, 1.807) is 11.3 Å². The fourth-order valence-corrected chi connectivity index (χ4v) is 4.17. The minimum Gasteiger partial charge on any atom is -0.397 e. The first-order chi connectivity index (χ1) is 14.0. The van der Waals surface area contributed by atoms with Crippen LogP contribution in [0.3, 0.4) is 0 Å². The number of aryl methyl sites for hydroxylation is 1. The molecule has 5 heteroatoms. The van der Waals surface area contributed by atoms with Crippen molar-refractivity contribution in [3.05, 3.63) is 64.4 Å². The summed E-state index contributed by atoms with van der Waals surface area (Å²) >= 11 is 1.63. The average molecular weight is 413 g/mol. The molecular weight excluding hydrogens is 376 g/mol. The van der Waals surface area contributed by atoms with Crippen molar-refractivity contribution in [1.29, 1.82) is 0 Å². The van der Waals surface area contributed by atoms with E-state index in [9.17, 15) is 0 Å². The number of hydrogen-bond acceptors (Lipinski definition) is 5. The Morgan fingerprint density at radius 3 is 2.52 bits per heavy atom. The first kappa shape index (κ1) is 23.0. The summed E-state index contributed by atoms with van der Waals surface area (Å²) in [4.78, 5) is 2.08. The fraction of sp³-hybridized carbons (Fsp3) is 0.417. The van der Waals surface area contributed by atoms with Crippen LogP contribution in [0.1, 0.15) is 47.1 Å². The summed E-state index contributed by atoms with van der Waals surface area (Å²) in [6.45, 7) is 16.3. The minimum atomic E-state index is 0.763. The summed E-state index contributed by atoms with van der Waals surface area (Å²) in [5, 5.41) is 10.2. The molecule has 0 spiro atoms. The van der Waals surface area contributed by atoms with Crippen molar-refractivity contribution >= 4 is 28.4 Å². The van der Waals surface area contributed by atoms with Gasteiger partial charge in [-0.15, -0.1) is 11.3 Å². The van der Waals surface area contributed by atoms with Crippen molar-refractivity contribution < 1.29 is 0 Å². The lowest BCUT2D eigenvalue weighted by atomic mass is 10.1. The van der Waals surface area contributed by atoms with Crippen LogP contribution in [0.15, 0.2) is 43.5 Å². The molecular formula is C24H36N4S. The zero-order valence-electron chi connectivity index (χ0n) is 17.9. The van der Waals surface area contributed by atoms with Crippen molar-refractivity contribution in [2.75, 3.05) is 31.9 Å². The van der Waals surface area contributed by atoms with E-state index in [0.29, 0.717) is 0 Å². The number of nitrogen functional groups attached to an aromatic ring is 1. The van der Waals surface area contributed by atoms with Gasteiger partial charge in [-0.3, -0.25) is 0 Å². The Morgan fingerprint density at radius 2 is 1.76 bits per heavy atom. The summed E-state index contributed by atoms with van der Waals surface area (Å²) < 4.78 is 0. The molecule has 0 aliphatic rings. The van der Waals surface area contributed by atoms with Crippen LogP contribution < -0.4 is 21.7 Å². The van der Waals surface area contributed by atoms with Crippen LogP contribution in [0.5, 0.6) is 0 Å². The van der Waals surface area contributed by atoms with E-state index < -0.39 is 0 Å². The second-order valence-corrected chi connectivity index (χ2v) is 8.35. The topological polar surface area (TPSA) is 62.1 Å². The van der Waals surface area contributed by atoms with Crippen molar-refractivity contribution in [3.63, 3.8) is 0 Å². The third-order valence-electron chi connectivity index (χ3n) is 4.92. The number of nitrogens with one attached hydrogen (secondary N) is 3. The van der Waals surface area contributed by atoms with Crippen LogP contribution in [-0.2, 0) is 6.42 Å². The van der Waals surface area contributed by atoms with E-state index in [0.717, 1.165) is 65.9 Å². The monoisotopic (exact) mass is 412 g/mol. The lowest BCUT2D eigenvalue weighted by Crippen LogP contribution is -2.19. The number of unbranched alkanes of at least 4 members (excludes halogenated alkanes) is 2. The van der Waals surface area contributed by atoms with Crippen molar-refractivity contribution in [3.8, 4) is 0 Å². The lowest BCUT2D eigenvalue weighted by Gasteiger charge is -2.10. The quantitative estimate of drug-likeness (QED) is 0.337. The molecule has 4 nitrogen and oxygen atoms in total. The number of nitrogens with two attached hydrogens (primary N) is 1. The number of hydrogen-bond donors (Lipinski definition) is 4. The van der Waals surface area contributed by atoms with Gasteiger partial charge < -0.3 is 21.7 Å². The number of rotatable bonds is 14. The maximum absolute atomic E-state index is 6.16. The predicted molar refractivity (Wildman–Crippen MR) is 130 cm³/mol. The van der Waals surface area contributed by atoms with Gasteiger partial charge in [-0.05, 0) is 63.4 Å². The lowest BCUT2D eigenvalue weighted by molar-refractivity contribution is 0.597. The van der Waals surface area contributed by atoms with Crippen LogP contribution in [0, 0.1) is 6.92 Å². The largest absolute Gasteiger partial charge is 0.397 e. The Balaban J connectivity index is 1.57. The van der Waals surface area contributed by atoms with E-state index in [-0.39, 0.29) is 0 Å². The van der Waals surface area contributed by atoms with Gasteiger partial charge in [0, 0.05) is 24.5 Å². The summed E-state index contributed by atoms with van der Waals surface area (Å²) in [5.74, 6) is 0. The SMILES string of the molecule is C=C(NCC)c1cc(N)c(C(=C)NCCCCCNCCc2ccccc2C)s1. The van der Waals surface area contributed by atoms with Gasteiger partial charge in [0.25, 0.3) is 0 Å². The standard InChI is InChI=1S/C24H36N4S/c1-5-27-19(3)23-17-22(25)24(29-23)20(4)28-15-10-6-9-14-26-16-13-21-12-8-7-11-18(21)2/h7-8,11-12,17,26-28H,3-6,9-10,13-16,25H2,1-2H3. The van der Waals surface area contributed by atoms with Gasteiger partial charge in [-0.1, -0.05) is 43.8 Å². The van der Waals surface area contributed by atoms with E-state index >= 15 is 0 Å². The first-order valence-electron chi connectivity index (χ1n) is 10.5. The molecule has 1 aromatic heterocycles. The smallest absolute Gasteiger partial charge is 0.0732 e. The summed E-state index contributed by atoms with van der Waals surface area (Å²) in [5.41, 5.74) is 11.6. The van der Waals surface area contributed by atoms with Gasteiger partial charge in [0.15, 0.2) is 0 Å². The number of thiophene rings is 1. The normalized spacial score (nSPS) is 10.7. The maximum atomic E-state index is 6.16. The highest BCUT2D eigenvalue weighted by molar-refractivity contribution is 7.14. The zero-order chi connectivity index (χ0) is 21.1. The maximum Gasteiger partial charge on any atom is 0.0732 e. The third-order valence-corrected chi connectivity index (χ3v) is 6.19. The molecule has 0 aliphatic carbocycles. The van der Waals surface area contributed by atoms with Crippen molar-refractivity contribution in [2.24, 2.45) is 0 Å². The second kappa shape index (κ2) is 12.3. The van der Waals surface area contributed by atoms with Crippen molar-refractivity contribution in [1.82, 2.24) is 16.0 Å². The summed E-state index contributed by atoms with van der Waals surface area (Å²) in [6.07, 6.45) is 4.61. The molecule has 0 radical (unpaired) electrons. The molecule has 0 aliphatic heterocycles. The van der Waals surface area contributed by atoms with Gasteiger partial charge in [0.1, 0.15) is 0 Å². The van der Waals surface area contributed by atoms with Crippen LogP contribution in [0.4, 0.5) is 5.69 Å². The predicted octanol–water partition coefficient (Wildman–Crippen LogP) is 4.78. The van der Waals surface area contributed by atoms with Crippen LogP contribution in [-0.4, -0.2) is 26.2 Å². The molecule has 1 heterocycles. The molecule has 5 N–H and O–H groups in total.